The number of benzene rings is 1. The second-order valence-corrected chi connectivity index (χ2v) is 8.85. The van der Waals surface area contributed by atoms with Crippen LogP contribution in [-0.4, -0.2) is 59.5 Å². The van der Waals surface area contributed by atoms with Crippen LogP contribution in [0.25, 0.3) is 0 Å². The molecule has 0 aliphatic carbocycles. The van der Waals surface area contributed by atoms with Gasteiger partial charge in [-0.2, -0.15) is 0 Å². The second kappa shape index (κ2) is 13.3. The fraction of sp³-hybridized carbons (Fsp3) is 0.520. The summed E-state index contributed by atoms with van der Waals surface area (Å²) >= 11 is 6.35. The van der Waals surface area contributed by atoms with Crippen LogP contribution in [0.15, 0.2) is 42.6 Å². The van der Waals surface area contributed by atoms with Crippen LogP contribution in [0.4, 0.5) is 0 Å². The molecule has 0 saturated heterocycles. The number of aromatic nitrogens is 1. The number of hydrogen-bond donors (Lipinski definition) is 0. The number of hydrogen-bond acceptors (Lipinski definition) is 3. The summed E-state index contributed by atoms with van der Waals surface area (Å²) in [5, 5.41) is 0.727. The molecule has 1 aromatic carbocycles. The van der Waals surface area contributed by atoms with Crippen molar-refractivity contribution >= 4 is 23.4 Å². The molecule has 2 aromatic rings. The van der Waals surface area contributed by atoms with Crippen LogP contribution in [-0.2, 0) is 27.4 Å². The van der Waals surface area contributed by atoms with E-state index in [1.165, 1.54) is 0 Å². The fourth-order valence-corrected chi connectivity index (χ4v) is 3.77. The van der Waals surface area contributed by atoms with Gasteiger partial charge in [0.05, 0.1) is 19.7 Å². The lowest BCUT2D eigenvalue weighted by Gasteiger charge is -2.29. The maximum atomic E-state index is 13.3. The molecule has 0 N–H and O–H groups in total. The van der Waals surface area contributed by atoms with Crippen LogP contribution in [0.3, 0.4) is 0 Å². The molecule has 6 nitrogen and oxygen atoms in total. The summed E-state index contributed by atoms with van der Waals surface area (Å²) < 4.78 is 7.26. The molecule has 0 unspecified atom stereocenters. The van der Waals surface area contributed by atoms with Gasteiger partial charge < -0.3 is 19.1 Å². The molecule has 0 atom stereocenters. The number of nitrogens with zero attached hydrogens (tertiary/aromatic N) is 3. The molecule has 1 heterocycles. The van der Waals surface area contributed by atoms with Gasteiger partial charge in [0.1, 0.15) is 0 Å². The summed E-state index contributed by atoms with van der Waals surface area (Å²) in [4.78, 5) is 29.3. The quantitative estimate of drug-likeness (QED) is 0.443. The van der Waals surface area contributed by atoms with E-state index < -0.39 is 0 Å². The minimum Gasteiger partial charge on any atom is -0.383 e. The van der Waals surface area contributed by atoms with Gasteiger partial charge in [-0.3, -0.25) is 9.59 Å². The minimum absolute atomic E-state index is 0.00973. The van der Waals surface area contributed by atoms with Gasteiger partial charge >= 0.3 is 0 Å². The van der Waals surface area contributed by atoms with E-state index in [1.54, 1.807) is 12.0 Å². The van der Waals surface area contributed by atoms with Crippen molar-refractivity contribution in [2.45, 2.75) is 46.7 Å². The van der Waals surface area contributed by atoms with E-state index in [2.05, 4.69) is 18.4 Å². The van der Waals surface area contributed by atoms with Gasteiger partial charge in [-0.1, -0.05) is 50.6 Å². The Hall–Kier alpha value is -2.31. The summed E-state index contributed by atoms with van der Waals surface area (Å²) in [6.07, 6.45) is 3.19. The van der Waals surface area contributed by atoms with Gasteiger partial charge in [-0.15, -0.1) is 0 Å². The molecule has 1 aromatic heterocycles. The van der Waals surface area contributed by atoms with E-state index in [0.29, 0.717) is 45.1 Å². The minimum atomic E-state index is -0.0512. The van der Waals surface area contributed by atoms with E-state index >= 15 is 0 Å². The Morgan fingerprint density at radius 2 is 1.84 bits per heavy atom. The SMILES string of the molecule is CCCC(=O)N(CCOC)CC(=O)N(Cc1cccn1Cc1ccccc1Cl)CC(C)C. The van der Waals surface area contributed by atoms with E-state index in [9.17, 15) is 9.59 Å². The first-order chi connectivity index (χ1) is 15.3. The van der Waals surface area contributed by atoms with Crippen molar-refractivity contribution in [3.05, 3.63) is 58.9 Å². The highest BCUT2D eigenvalue weighted by atomic mass is 35.5. The lowest BCUT2D eigenvalue weighted by atomic mass is 10.2. The van der Waals surface area contributed by atoms with Crippen molar-refractivity contribution in [3.8, 4) is 0 Å². The Kier molecular flexibility index (Phi) is 10.8. The molecule has 0 radical (unpaired) electrons. The molecular weight excluding hydrogens is 426 g/mol. The second-order valence-electron chi connectivity index (χ2n) is 8.45. The number of methoxy groups -OCH3 is 1. The average Bonchev–Trinajstić information content (AvgIpc) is 3.18. The third kappa shape index (κ3) is 7.99. The average molecular weight is 462 g/mol. The molecule has 0 aliphatic rings. The summed E-state index contributed by atoms with van der Waals surface area (Å²) in [6, 6.07) is 11.8. The number of halogens is 1. The monoisotopic (exact) mass is 461 g/mol. The molecule has 0 aliphatic heterocycles. The van der Waals surface area contributed by atoms with Crippen molar-refractivity contribution in [3.63, 3.8) is 0 Å². The van der Waals surface area contributed by atoms with Crippen LogP contribution in [0.2, 0.25) is 5.02 Å². The molecule has 0 bridgehead atoms. The standard InChI is InChI=1S/C25H36ClN3O3/c1-5-9-24(30)28(14-15-32-4)19-25(31)29(16-20(2)3)18-22-11-8-13-27(22)17-21-10-6-7-12-23(21)26/h6-8,10-13,20H,5,9,14-19H2,1-4H3. The zero-order valence-electron chi connectivity index (χ0n) is 19.7. The van der Waals surface area contributed by atoms with Crippen LogP contribution in [0.5, 0.6) is 0 Å². The number of carbonyl (C=O) groups excluding carboxylic acids is 2. The molecule has 7 heteroatoms. The van der Waals surface area contributed by atoms with Crippen LogP contribution < -0.4 is 0 Å². The summed E-state index contributed by atoms with van der Waals surface area (Å²) in [6.45, 7) is 8.78. The predicted octanol–water partition coefficient (Wildman–Crippen LogP) is 4.45. The lowest BCUT2D eigenvalue weighted by molar-refractivity contribution is -0.141. The largest absolute Gasteiger partial charge is 0.383 e. The molecule has 0 fully saturated rings. The Morgan fingerprint density at radius 3 is 2.50 bits per heavy atom. The summed E-state index contributed by atoms with van der Waals surface area (Å²) in [5.41, 5.74) is 2.06. The Bertz CT molecular complexity index is 866. The third-order valence-electron chi connectivity index (χ3n) is 5.22. The number of amides is 2. The van der Waals surface area contributed by atoms with Gasteiger partial charge in [0.25, 0.3) is 0 Å². The zero-order valence-corrected chi connectivity index (χ0v) is 20.5. The van der Waals surface area contributed by atoms with Crippen molar-refractivity contribution in [1.82, 2.24) is 14.4 Å². The van der Waals surface area contributed by atoms with Crippen LogP contribution >= 0.6 is 11.6 Å². The molecule has 176 valence electrons. The number of carbonyl (C=O) groups is 2. The zero-order chi connectivity index (χ0) is 23.5. The van der Waals surface area contributed by atoms with Crippen molar-refractivity contribution < 1.29 is 14.3 Å². The van der Waals surface area contributed by atoms with E-state index in [-0.39, 0.29) is 18.4 Å². The number of ether oxygens (including phenoxy) is 1. The highest BCUT2D eigenvalue weighted by Crippen LogP contribution is 2.18. The summed E-state index contributed by atoms with van der Waals surface area (Å²) in [7, 11) is 1.60. The molecule has 32 heavy (non-hydrogen) atoms. The topological polar surface area (TPSA) is 54.8 Å². The first-order valence-electron chi connectivity index (χ1n) is 11.3. The molecule has 2 amide bonds. The first-order valence-corrected chi connectivity index (χ1v) is 11.6. The maximum Gasteiger partial charge on any atom is 0.242 e. The van der Waals surface area contributed by atoms with Gasteiger partial charge in [0.15, 0.2) is 0 Å². The van der Waals surface area contributed by atoms with Crippen LogP contribution in [0, 0.1) is 5.92 Å². The first kappa shape index (κ1) is 25.9. The molecule has 0 saturated carbocycles. The molecule has 2 rings (SSSR count). The number of rotatable bonds is 13. The van der Waals surface area contributed by atoms with E-state index in [4.69, 9.17) is 16.3 Å². The highest BCUT2D eigenvalue weighted by Gasteiger charge is 2.22. The van der Waals surface area contributed by atoms with Crippen molar-refractivity contribution in [1.29, 1.82) is 0 Å². The third-order valence-corrected chi connectivity index (χ3v) is 5.59. The fourth-order valence-electron chi connectivity index (χ4n) is 3.58. The van der Waals surface area contributed by atoms with Crippen molar-refractivity contribution in [2.24, 2.45) is 5.92 Å². The Balaban J connectivity index is 2.16. The van der Waals surface area contributed by atoms with E-state index in [0.717, 1.165) is 22.7 Å². The van der Waals surface area contributed by atoms with Crippen molar-refractivity contribution in [2.75, 3.05) is 33.4 Å². The van der Waals surface area contributed by atoms with Gasteiger partial charge in [0.2, 0.25) is 11.8 Å². The maximum absolute atomic E-state index is 13.3. The lowest BCUT2D eigenvalue weighted by Crippen LogP contribution is -2.45. The van der Waals surface area contributed by atoms with E-state index in [1.807, 2.05) is 54.4 Å². The molecular formula is C25H36ClN3O3. The van der Waals surface area contributed by atoms with Gasteiger partial charge in [0, 0.05) is 50.1 Å². The normalized spacial score (nSPS) is 11.1. The smallest absolute Gasteiger partial charge is 0.242 e. The Morgan fingerprint density at radius 1 is 1.09 bits per heavy atom. The Labute approximate surface area is 197 Å². The highest BCUT2D eigenvalue weighted by molar-refractivity contribution is 6.31. The van der Waals surface area contributed by atoms with Gasteiger partial charge in [-0.25, -0.2) is 0 Å². The predicted molar refractivity (Wildman–Crippen MR) is 129 cm³/mol. The molecule has 0 spiro atoms. The van der Waals surface area contributed by atoms with Crippen LogP contribution in [0.1, 0.15) is 44.9 Å². The van der Waals surface area contributed by atoms with Gasteiger partial charge in [-0.05, 0) is 36.1 Å². The summed E-state index contributed by atoms with van der Waals surface area (Å²) in [5.74, 6) is 0.249.